The first-order valence-electron chi connectivity index (χ1n) is 6.54. The van der Waals surface area contributed by atoms with E-state index in [9.17, 15) is 14.7 Å². The lowest BCUT2D eigenvalue weighted by molar-refractivity contribution is -0.137. The zero-order valence-electron chi connectivity index (χ0n) is 11.0. The van der Waals surface area contributed by atoms with E-state index in [1.807, 2.05) is 0 Å². The molecule has 1 saturated heterocycles. The van der Waals surface area contributed by atoms with Gasteiger partial charge in [0.05, 0.1) is 10.9 Å². The van der Waals surface area contributed by atoms with Crippen LogP contribution in [0.2, 0.25) is 4.34 Å². The Labute approximate surface area is 126 Å². The number of nitrogens with one attached hydrogen (secondary N) is 1. The molecule has 0 radical (unpaired) electrons. The number of hydrogen-bond acceptors (Lipinski definition) is 4. The number of nitrogens with zero attached hydrogens (tertiary/aromatic N) is 1. The standard InChI is InChI=1S/C13H17ClN2O3S/c14-11-5-4-10(20-11)9(17)7-15-12(18)8-16-6-2-1-3-13(16)19/h4-5,9,17H,1-3,6-8H2,(H,15,18)/t9-/m0/s1. The molecule has 2 rings (SSSR count). The van der Waals surface area contributed by atoms with Gasteiger partial charge in [0.1, 0.15) is 6.10 Å². The first kappa shape index (κ1) is 15.3. The normalized spacial score (nSPS) is 17.1. The molecule has 0 saturated carbocycles. The fourth-order valence-corrected chi connectivity index (χ4v) is 3.12. The molecule has 1 aliphatic heterocycles. The van der Waals surface area contributed by atoms with Gasteiger partial charge in [-0.1, -0.05) is 11.6 Å². The number of likely N-dealkylation sites (tertiary alicyclic amines) is 1. The van der Waals surface area contributed by atoms with Crippen molar-refractivity contribution in [2.24, 2.45) is 0 Å². The Kier molecular flexibility index (Phi) is 5.39. The van der Waals surface area contributed by atoms with E-state index in [1.165, 1.54) is 11.3 Å². The van der Waals surface area contributed by atoms with E-state index in [2.05, 4.69) is 5.32 Å². The van der Waals surface area contributed by atoms with Crippen molar-refractivity contribution in [3.63, 3.8) is 0 Å². The molecule has 0 unspecified atom stereocenters. The Balaban J connectivity index is 1.76. The van der Waals surface area contributed by atoms with Crippen LogP contribution in [0.15, 0.2) is 12.1 Å². The van der Waals surface area contributed by atoms with E-state index < -0.39 is 6.10 Å². The van der Waals surface area contributed by atoms with Crippen molar-refractivity contribution in [3.8, 4) is 0 Å². The molecule has 1 atom stereocenters. The summed E-state index contributed by atoms with van der Waals surface area (Å²) in [6, 6.07) is 3.44. The minimum absolute atomic E-state index is 0.0250. The van der Waals surface area contributed by atoms with Gasteiger partial charge in [-0.25, -0.2) is 0 Å². The zero-order chi connectivity index (χ0) is 14.5. The van der Waals surface area contributed by atoms with Crippen molar-refractivity contribution in [2.45, 2.75) is 25.4 Å². The molecule has 0 aromatic carbocycles. The van der Waals surface area contributed by atoms with Crippen molar-refractivity contribution in [1.29, 1.82) is 0 Å². The highest BCUT2D eigenvalue weighted by Gasteiger charge is 2.20. The first-order chi connectivity index (χ1) is 9.56. The number of piperidine rings is 1. The van der Waals surface area contributed by atoms with Gasteiger partial charge in [0.25, 0.3) is 0 Å². The maximum atomic E-state index is 11.8. The van der Waals surface area contributed by atoms with Crippen molar-refractivity contribution >= 4 is 34.8 Å². The summed E-state index contributed by atoms with van der Waals surface area (Å²) in [5, 5.41) is 12.5. The monoisotopic (exact) mass is 316 g/mol. The lowest BCUT2D eigenvalue weighted by Gasteiger charge is -2.26. The second-order valence-corrected chi connectivity index (χ2v) is 6.48. The van der Waals surface area contributed by atoms with Crippen LogP contribution in [0.5, 0.6) is 0 Å². The number of hydrogen-bond donors (Lipinski definition) is 2. The third-order valence-electron chi connectivity index (χ3n) is 3.17. The zero-order valence-corrected chi connectivity index (χ0v) is 12.5. The van der Waals surface area contributed by atoms with Crippen LogP contribution < -0.4 is 5.32 Å². The molecule has 1 aliphatic rings. The lowest BCUT2D eigenvalue weighted by atomic mass is 10.1. The Morgan fingerprint density at radius 2 is 2.30 bits per heavy atom. The minimum Gasteiger partial charge on any atom is -0.386 e. The summed E-state index contributed by atoms with van der Waals surface area (Å²) in [6.45, 7) is 0.823. The van der Waals surface area contributed by atoms with E-state index in [0.29, 0.717) is 22.2 Å². The molecule has 2 N–H and O–H groups in total. The highest BCUT2D eigenvalue weighted by molar-refractivity contribution is 7.16. The van der Waals surface area contributed by atoms with Crippen LogP contribution in [0.3, 0.4) is 0 Å². The van der Waals surface area contributed by atoms with Crippen molar-refractivity contribution in [2.75, 3.05) is 19.6 Å². The minimum atomic E-state index is -0.770. The Morgan fingerprint density at radius 1 is 1.50 bits per heavy atom. The SMILES string of the molecule is O=C(CN1CCCCC1=O)NC[C@H](O)c1ccc(Cl)s1. The molecule has 2 amide bonds. The molecular formula is C13H17ClN2O3S. The van der Waals surface area contributed by atoms with Gasteiger partial charge in [-0.3, -0.25) is 9.59 Å². The molecule has 5 nitrogen and oxygen atoms in total. The summed E-state index contributed by atoms with van der Waals surface area (Å²) in [7, 11) is 0. The first-order valence-corrected chi connectivity index (χ1v) is 7.73. The fraction of sp³-hybridized carbons (Fsp3) is 0.538. The summed E-state index contributed by atoms with van der Waals surface area (Å²) >= 11 is 7.07. The van der Waals surface area contributed by atoms with Gasteiger partial charge < -0.3 is 15.3 Å². The molecular weight excluding hydrogens is 300 g/mol. The van der Waals surface area contributed by atoms with Crippen molar-refractivity contribution < 1.29 is 14.7 Å². The second kappa shape index (κ2) is 7.06. The molecule has 1 aromatic heterocycles. The predicted octanol–water partition coefficient (Wildman–Crippen LogP) is 1.56. The van der Waals surface area contributed by atoms with Crippen molar-refractivity contribution in [3.05, 3.63) is 21.3 Å². The number of aliphatic hydroxyl groups is 1. The van der Waals surface area contributed by atoms with Crippen LogP contribution >= 0.6 is 22.9 Å². The molecule has 1 aromatic rings. The molecule has 0 bridgehead atoms. The van der Waals surface area contributed by atoms with Crippen LogP contribution in [-0.2, 0) is 9.59 Å². The van der Waals surface area contributed by atoms with Gasteiger partial charge in [0.15, 0.2) is 0 Å². The van der Waals surface area contributed by atoms with E-state index in [4.69, 9.17) is 11.6 Å². The third kappa shape index (κ3) is 4.19. The summed E-state index contributed by atoms with van der Waals surface area (Å²) in [5.74, 6) is -0.223. The Morgan fingerprint density at radius 3 is 2.95 bits per heavy atom. The number of amides is 2. The van der Waals surface area contributed by atoms with E-state index in [-0.39, 0.29) is 24.9 Å². The van der Waals surface area contributed by atoms with Crippen LogP contribution in [-0.4, -0.2) is 41.5 Å². The highest BCUT2D eigenvalue weighted by atomic mass is 35.5. The highest BCUT2D eigenvalue weighted by Crippen LogP contribution is 2.26. The van der Waals surface area contributed by atoms with E-state index in [0.717, 1.165) is 12.8 Å². The fourth-order valence-electron chi connectivity index (χ4n) is 2.08. The number of halogens is 1. The van der Waals surface area contributed by atoms with Gasteiger partial charge in [0, 0.05) is 24.4 Å². The lowest BCUT2D eigenvalue weighted by Crippen LogP contribution is -2.43. The van der Waals surface area contributed by atoms with E-state index in [1.54, 1.807) is 17.0 Å². The van der Waals surface area contributed by atoms with Crippen LogP contribution in [0.25, 0.3) is 0 Å². The van der Waals surface area contributed by atoms with Crippen molar-refractivity contribution in [1.82, 2.24) is 10.2 Å². The predicted molar refractivity (Wildman–Crippen MR) is 77.7 cm³/mol. The molecule has 0 aliphatic carbocycles. The molecule has 7 heteroatoms. The quantitative estimate of drug-likeness (QED) is 0.866. The molecule has 2 heterocycles. The van der Waals surface area contributed by atoms with Gasteiger partial charge >= 0.3 is 0 Å². The van der Waals surface area contributed by atoms with Gasteiger partial charge in [-0.2, -0.15) is 0 Å². The largest absolute Gasteiger partial charge is 0.386 e. The summed E-state index contributed by atoms with van der Waals surface area (Å²) < 4.78 is 0.601. The number of rotatable bonds is 5. The second-order valence-electron chi connectivity index (χ2n) is 4.73. The molecule has 0 spiro atoms. The van der Waals surface area contributed by atoms with E-state index >= 15 is 0 Å². The van der Waals surface area contributed by atoms with Crippen LogP contribution in [0, 0.1) is 0 Å². The van der Waals surface area contributed by atoms with Gasteiger partial charge in [-0.15, -0.1) is 11.3 Å². The average Bonchev–Trinajstić information content (AvgIpc) is 2.85. The topological polar surface area (TPSA) is 69.6 Å². The summed E-state index contributed by atoms with van der Waals surface area (Å²) in [4.78, 5) is 25.6. The number of aliphatic hydroxyl groups excluding tert-OH is 1. The number of thiophene rings is 1. The maximum absolute atomic E-state index is 11.8. The van der Waals surface area contributed by atoms with Gasteiger partial charge in [-0.05, 0) is 25.0 Å². The summed E-state index contributed by atoms with van der Waals surface area (Å²) in [5.41, 5.74) is 0. The van der Waals surface area contributed by atoms with Crippen LogP contribution in [0.1, 0.15) is 30.2 Å². The van der Waals surface area contributed by atoms with Gasteiger partial charge in [0.2, 0.25) is 11.8 Å². The number of carbonyl (C=O) groups is 2. The molecule has 110 valence electrons. The molecule has 20 heavy (non-hydrogen) atoms. The summed E-state index contributed by atoms with van der Waals surface area (Å²) in [6.07, 6.45) is 1.59. The Bertz CT molecular complexity index is 492. The smallest absolute Gasteiger partial charge is 0.239 e. The number of carbonyl (C=O) groups excluding carboxylic acids is 2. The average molecular weight is 317 g/mol. The van der Waals surface area contributed by atoms with Crippen LogP contribution in [0.4, 0.5) is 0 Å². The maximum Gasteiger partial charge on any atom is 0.239 e. The Hall–Kier alpha value is -1.11. The molecule has 1 fully saturated rings. The third-order valence-corrected chi connectivity index (χ3v) is 4.50.